The summed E-state index contributed by atoms with van der Waals surface area (Å²) in [5, 5.41) is 5.40. The van der Waals surface area contributed by atoms with Crippen LogP contribution in [-0.2, 0) is 19.1 Å². The number of nitrogens with zero attached hydrogens (tertiary/aromatic N) is 1. The van der Waals surface area contributed by atoms with E-state index in [0.29, 0.717) is 24.4 Å². The molecule has 0 aromatic heterocycles. The zero-order valence-electron chi connectivity index (χ0n) is 17.3. The van der Waals surface area contributed by atoms with Crippen LogP contribution in [0.3, 0.4) is 0 Å². The zero-order chi connectivity index (χ0) is 21.5. The van der Waals surface area contributed by atoms with Gasteiger partial charge >= 0.3 is 5.97 Å². The van der Waals surface area contributed by atoms with E-state index in [1.807, 2.05) is 0 Å². The SMILES string of the molecule is C[C@@H]1CCCC[C@H]1NC(=O)COC(=O)CNC(=O)c1ccc(N2CCCC2=O)cc1. The molecule has 1 aliphatic carbocycles. The third-order valence-corrected chi connectivity index (χ3v) is 5.73. The number of carbonyl (C=O) groups excluding carboxylic acids is 4. The molecular weight excluding hydrogens is 386 g/mol. The molecule has 1 aliphatic heterocycles. The highest BCUT2D eigenvalue weighted by Gasteiger charge is 2.23. The number of esters is 1. The van der Waals surface area contributed by atoms with Crippen LogP contribution in [-0.4, -0.2) is 49.4 Å². The van der Waals surface area contributed by atoms with Crippen molar-refractivity contribution in [1.82, 2.24) is 10.6 Å². The highest BCUT2D eigenvalue weighted by molar-refractivity contribution is 5.98. The summed E-state index contributed by atoms with van der Waals surface area (Å²) in [4.78, 5) is 49.5. The van der Waals surface area contributed by atoms with Crippen molar-refractivity contribution in [2.24, 2.45) is 5.92 Å². The number of carbonyl (C=O) groups is 4. The minimum absolute atomic E-state index is 0.0805. The molecule has 8 heteroatoms. The van der Waals surface area contributed by atoms with Crippen LogP contribution in [0.1, 0.15) is 55.8 Å². The Kier molecular flexibility index (Phi) is 7.43. The quantitative estimate of drug-likeness (QED) is 0.661. The molecule has 2 aliphatic rings. The van der Waals surface area contributed by atoms with Gasteiger partial charge in [0, 0.05) is 30.3 Å². The average Bonchev–Trinajstić information content (AvgIpc) is 3.18. The van der Waals surface area contributed by atoms with Crippen molar-refractivity contribution in [2.45, 2.75) is 51.5 Å². The van der Waals surface area contributed by atoms with E-state index in [4.69, 9.17) is 4.74 Å². The molecule has 2 fully saturated rings. The highest BCUT2D eigenvalue weighted by Crippen LogP contribution is 2.23. The Morgan fingerprint density at radius 1 is 1.10 bits per heavy atom. The van der Waals surface area contributed by atoms with Gasteiger partial charge in [0.05, 0.1) is 0 Å². The molecule has 1 aromatic carbocycles. The number of rotatable bonds is 7. The maximum absolute atomic E-state index is 12.2. The maximum Gasteiger partial charge on any atom is 0.325 e. The van der Waals surface area contributed by atoms with Gasteiger partial charge in [-0.25, -0.2) is 0 Å². The summed E-state index contributed by atoms with van der Waals surface area (Å²) in [6, 6.07) is 6.78. The third kappa shape index (κ3) is 5.81. The summed E-state index contributed by atoms with van der Waals surface area (Å²) in [6.07, 6.45) is 5.69. The predicted octanol–water partition coefficient (Wildman–Crippen LogP) is 1.78. The third-order valence-electron chi connectivity index (χ3n) is 5.73. The Bertz CT molecular complexity index is 792. The molecule has 0 unspecified atom stereocenters. The van der Waals surface area contributed by atoms with Crippen molar-refractivity contribution in [3.05, 3.63) is 29.8 Å². The lowest BCUT2D eigenvalue weighted by Gasteiger charge is -2.29. The minimum Gasteiger partial charge on any atom is -0.454 e. The monoisotopic (exact) mass is 415 g/mol. The van der Waals surface area contributed by atoms with Crippen LogP contribution in [0.2, 0.25) is 0 Å². The summed E-state index contributed by atoms with van der Waals surface area (Å²) in [7, 11) is 0. The van der Waals surface area contributed by atoms with E-state index in [2.05, 4.69) is 17.6 Å². The summed E-state index contributed by atoms with van der Waals surface area (Å²) >= 11 is 0. The van der Waals surface area contributed by atoms with Gasteiger partial charge in [-0.15, -0.1) is 0 Å². The molecule has 3 rings (SSSR count). The van der Waals surface area contributed by atoms with E-state index >= 15 is 0 Å². The summed E-state index contributed by atoms with van der Waals surface area (Å²) in [5.41, 5.74) is 1.13. The van der Waals surface area contributed by atoms with Gasteiger partial charge in [-0.3, -0.25) is 19.2 Å². The van der Waals surface area contributed by atoms with Crippen molar-refractivity contribution in [2.75, 3.05) is 24.6 Å². The van der Waals surface area contributed by atoms with E-state index in [0.717, 1.165) is 31.4 Å². The first kappa shape index (κ1) is 21.8. The largest absolute Gasteiger partial charge is 0.454 e. The lowest BCUT2D eigenvalue weighted by molar-refractivity contribution is -0.147. The number of anilines is 1. The molecule has 2 atom stereocenters. The highest BCUT2D eigenvalue weighted by atomic mass is 16.5. The molecule has 0 spiro atoms. The first-order valence-corrected chi connectivity index (χ1v) is 10.6. The summed E-state index contributed by atoms with van der Waals surface area (Å²) < 4.78 is 4.96. The Morgan fingerprint density at radius 2 is 1.83 bits per heavy atom. The molecule has 162 valence electrons. The molecule has 1 saturated heterocycles. The Hall–Kier alpha value is -2.90. The van der Waals surface area contributed by atoms with Gasteiger partial charge in [-0.1, -0.05) is 19.8 Å². The molecule has 1 saturated carbocycles. The van der Waals surface area contributed by atoms with Gasteiger partial charge in [-0.05, 0) is 49.4 Å². The first-order valence-electron chi connectivity index (χ1n) is 10.6. The predicted molar refractivity (Wildman–Crippen MR) is 111 cm³/mol. The second-order valence-corrected chi connectivity index (χ2v) is 7.97. The van der Waals surface area contributed by atoms with Crippen LogP contribution < -0.4 is 15.5 Å². The zero-order valence-corrected chi connectivity index (χ0v) is 17.3. The number of hydrogen-bond donors (Lipinski definition) is 2. The second-order valence-electron chi connectivity index (χ2n) is 7.97. The average molecular weight is 415 g/mol. The van der Waals surface area contributed by atoms with Crippen LogP contribution in [0.4, 0.5) is 5.69 Å². The Morgan fingerprint density at radius 3 is 2.50 bits per heavy atom. The standard InChI is InChI=1S/C22H29N3O5/c1-15-5-2-3-6-18(15)24-19(26)14-30-21(28)13-23-22(29)16-8-10-17(11-9-16)25-12-4-7-20(25)27/h8-11,15,18H,2-7,12-14H2,1H3,(H,23,29)(H,24,26)/t15-,18-/m1/s1. The fraction of sp³-hybridized carbons (Fsp3) is 0.545. The van der Waals surface area contributed by atoms with Gasteiger partial charge in [0.1, 0.15) is 6.54 Å². The van der Waals surface area contributed by atoms with Crippen molar-refractivity contribution in [1.29, 1.82) is 0 Å². The van der Waals surface area contributed by atoms with E-state index < -0.39 is 11.9 Å². The smallest absolute Gasteiger partial charge is 0.325 e. The molecule has 8 nitrogen and oxygen atoms in total. The molecule has 0 radical (unpaired) electrons. The number of hydrogen-bond acceptors (Lipinski definition) is 5. The fourth-order valence-electron chi connectivity index (χ4n) is 3.94. The van der Waals surface area contributed by atoms with E-state index in [1.54, 1.807) is 29.2 Å². The summed E-state index contributed by atoms with van der Waals surface area (Å²) in [5.74, 6) is -0.911. The minimum atomic E-state index is -0.672. The fourth-order valence-corrected chi connectivity index (χ4v) is 3.94. The van der Waals surface area contributed by atoms with Crippen molar-refractivity contribution in [3.63, 3.8) is 0 Å². The number of benzene rings is 1. The van der Waals surface area contributed by atoms with Crippen LogP contribution in [0, 0.1) is 5.92 Å². The summed E-state index contributed by atoms with van der Waals surface area (Å²) in [6.45, 7) is 2.12. The Labute approximate surface area is 176 Å². The van der Waals surface area contributed by atoms with E-state index in [9.17, 15) is 19.2 Å². The molecule has 2 N–H and O–H groups in total. The van der Waals surface area contributed by atoms with Crippen LogP contribution in [0.5, 0.6) is 0 Å². The number of amides is 3. The molecule has 30 heavy (non-hydrogen) atoms. The van der Waals surface area contributed by atoms with E-state index in [1.165, 1.54) is 6.42 Å². The second kappa shape index (κ2) is 10.2. The van der Waals surface area contributed by atoms with Crippen LogP contribution in [0.25, 0.3) is 0 Å². The topological polar surface area (TPSA) is 105 Å². The molecule has 1 heterocycles. The molecule has 0 bridgehead atoms. The van der Waals surface area contributed by atoms with Gasteiger partial charge in [0.25, 0.3) is 11.8 Å². The lowest BCUT2D eigenvalue weighted by atomic mass is 9.86. The van der Waals surface area contributed by atoms with Gasteiger partial charge < -0.3 is 20.3 Å². The molecular formula is C22H29N3O5. The molecule has 3 amide bonds. The van der Waals surface area contributed by atoms with E-state index in [-0.39, 0.29) is 31.0 Å². The van der Waals surface area contributed by atoms with Crippen LogP contribution in [0.15, 0.2) is 24.3 Å². The van der Waals surface area contributed by atoms with Gasteiger partial charge in [0.2, 0.25) is 5.91 Å². The van der Waals surface area contributed by atoms with Crippen molar-refractivity contribution < 1.29 is 23.9 Å². The van der Waals surface area contributed by atoms with Crippen LogP contribution >= 0.6 is 0 Å². The van der Waals surface area contributed by atoms with Gasteiger partial charge in [-0.2, -0.15) is 0 Å². The number of ether oxygens (including phenoxy) is 1. The van der Waals surface area contributed by atoms with Gasteiger partial charge in [0.15, 0.2) is 6.61 Å². The first-order chi connectivity index (χ1) is 14.4. The van der Waals surface area contributed by atoms with Crippen molar-refractivity contribution in [3.8, 4) is 0 Å². The van der Waals surface area contributed by atoms with Crippen molar-refractivity contribution >= 4 is 29.4 Å². The lowest BCUT2D eigenvalue weighted by Crippen LogP contribution is -2.43. The number of nitrogens with one attached hydrogen (secondary N) is 2. The normalized spacial score (nSPS) is 21.2. The maximum atomic E-state index is 12.2. The molecule has 1 aromatic rings. The Balaban J connectivity index is 1.38.